The minimum absolute atomic E-state index is 0.139. The molecule has 0 bridgehead atoms. The predicted octanol–water partition coefficient (Wildman–Crippen LogP) is -2.64. The molecule has 0 saturated heterocycles. The summed E-state index contributed by atoms with van der Waals surface area (Å²) >= 11 is 0. The van der Waals surface area contributed by atoms with Gasteiger partial charge in [-0.2, -0.15) is 10.7 Å². The Morgan fingerprint density at radius 1 is 1.19 bits per heavy atom. The van der Waals surface area contributed by atoms with Crippen LogP contribution in [0.2, 0.25) is 0 Å². The Morgan fingerprint density at radius 2 is 1.75 bits per heavy atom. The first-order chi connectivity index (χ1) is 7.42. The highest BCUT2D eigenvalue weighted by atomic mass is 16.0. The molecule has 0 saturated carbocycles. The topological polar surface area (TPSA) is 138 Å². The molecule has 0 spiro atoms. The highest BCUT2D eigenvalue weighted by Crippen LogP contribution is 1.99. The van der Waals surface area contributed by atoms with Gasteiger partial charge in [-0.1, -0.05) is 13.8 Å². The van der Waals surface area contributed by atoms with E-state index in [1.807, 2.05) is 6.92 Å². The van der Waals surface area contributed by atoms with Gasteiger partial charge in [0.05, 0.1) is 6.67 Å². The first-order valence-corrected chi connectivity index (χ1v) is 5.16. The molecule has 9 heteroatoms. The third-order valence-electron chi connectivity index (χ3n) is 2.30. The summed E-state index contributed by atoms with van der Waals surface area (Å²) < 4.78 is 0. The number of nitrogens with zero attached hydrogens (tertiary/aromatic N) is 3. The lowest BCUT2D eigenvalue weighted by atomic mass is 10.1. The Balaban J connectivity index is 3.98. The molecule has 0 aliphatic carbocycles. The highest BCUT2D eigenvalue weighted by molar-refractivity contribution is 4.60. The zero-order valence-corrected chi connectivity index (χ0v) is 10.2. The Hall–Kier alpha value is -0.360. The minimum Gasteiger partial charge on any atom is -0.316 e. The van der Waals surface area contributed by atoms with Crippen molar-refractivity contribution in [2.45, 2.75) is 26.8 Å². The molecule has 10 N–H and O–H groups in total. The largest absolute Gasteiger partial charge is 0.316 e. The van der Waals surface area contributed by atoms with Crippen LogP contribution in [-0.2, 0) is 0 Å². The summed E-state index contributed by atoms with van der Waals surface area (Å²) in [5.41, 5.74) is 10.8. The van der Waals surface area contributed by atoms with E-state index in [2.05, 4.69) is 24.8 Å². The monoisotopic (exact) mass is 235 g/mol. The first kappa shape index (κ1) is 15.6. The molecule has 0 radical (unpaired) electrons. The smallest absolute Gasteiger partial charge is 0.111 e. The molecule has 0 fully saturated rings. The maximum absolute atomic E-state index is 5.72. The van der Waals surface area contributed by atoms with Crippen molar-refractivity contribution in [2.24, 2.45) is 29.2 Å². The van der Waals surface area contributed by atoms with Crippen LogP contribution < -0.4 is 34.2 Å². The van der Waals surface area contributed by atoms with Crippen LogP contribution in [0.4, 0.5) is 0 Å². The summed E-state index contributed by atoms with van der Waals surface area (Å²) in [5.74, 6) is 17.1. The van der Waals surface area contributed by atoms with Gasteiger partial charge in [-0.15, -0.1) is 10.2 Å². The van der Waals surface area contributed by atoms with E-state index < -0.39 is 0 Å². The van der Waals surface area contributed by atoms with Crippen LogP contribution >= 0.6 is 0 Å². The van der Waals surface area contributed by atoms with Crippen molar-refractivity contribution in [1.29, 1.82) is 0 Å². The summed E-state index contributed by atoms with van der Waals surface area (Å²) in [4.78, 5) is 0. The Labute approximate surface area is 96.5 Å². The van der Waals surface area contributed by atoms with E-state index in [-0.39, 0.29) is 19.4 Å². The number of nitrogens with one attached hydrogen (secondary N) is 2. The number of hydrogen-bond donors (Lipinski definition) is 6. The lowest BCUT2D eigenvalue weighted by molar-refractivity contribution is -0.115. The lowest BCUT2D eigenvalue weighted by Gasteiger charge is -2.33. The van der Waals surface area contributed by atoms with Crippen LogP contribution in [0.3, 0.4) is 0 Å². The van der Waals surface area contributed by atoms with Crippen molar-refractivity contribution < 1.29 is 0 Å². The SMILES string of the molecule is CC(C)C(C)NN(N)CN(N)N(CN)NN. The van der Waals surface area contributed by atoms with Crippen LogP contribution in [-0.4, -0.2) is 34.7 Å². The fourth-order valence-electron chi connectivity index (χ4n) is 0.916. The van der Waals surface area contributed by atoms with Crippen molar-refractivity contribution in [3.63, 3.8) is 0 Å². The molecule has 0 aromatic heterocycles. The molecule has 0 amide bonds. The number of hydrazine groups is 6. The van der Waals surface area contributed by atoms with E-state index in [0.29, 0.717) is 5.92 Å². The molecule has 9 nitrogen and oxygen atoms in total. The summed E-state index contributed by atoms with van der Waals surface area (Å²) in [6, 6.07) is 0.246. The molecule has 0 aromatic rings. The van der Waals surface area contributed by atoms with Crippen molar-refractivity contribution in [2.75, 3.05) is 13.3 Å². The van der Waals surface area contributed by atoms with Crippen molar-refractivity contribution in [1.82, 2.24) is 26.3 Å². The summed E-state index contributed by atoms with van der Waals surface area (Å²) in [6.07, 6.45) is 0. The molecule has 98 valence electrons. The van der Waals surface area contributed by atoms with Gasteiger partial charge in [-0.25, -0.2) is 5.43 Å². The van der Waals surface area contributed by atoms with Gasteiger partial charge in [0.15, 0.2) is 0 Å². The Bertz CT molecular complexity index is 171. The second-order valence-corrected chi connectivity index (χ2v) is 3.92. The van der Waals surface area contributed by atoms with E-state index >= 15 is 0 Å². The maximum Gasteiger partial charge on any atom is 0.111 e. The molecule has 1 unspecified atom stereocenters. The second kappa shape index (κ2) is 7.84. The van der Waals surface area contributed by atoms with E-state index in [1.54, 1.807) is 0 Å². The van der Waals surface area contributed by atoms with Crippen LogP contribution in [0.25, 0.3) is 0 Å². The molecular weight excluding hydrogens is 210 g/mol. The molecule has 0 rings (SSSR count). The fraction of sp³-hybridized carbons (Fsp3) is 1.00. The molecule has 0 heterocycles. The van der Waals surface area contributed by atoms with Gasteiger partial charge in [-0.05, 0) is 12.8 Å². The number of hydrogen-bond acceptors (Lipinski definition) is 9. The molecule has 0 aliphatic heterocycles. The van der Waals surface area contributed by atoms with Gasteiger partial charge in [0.1, 0.15) is 6.67 Å². The van der Waals surface area contributed by atoms with Crippen LogP contribution in [0, 0.1) is 5.92 Å². The minimum atomic E-state index is 0.139. The van der Waals surface area contributed by atoms with Gasteiger partial charge >= 0.3 is 0 Å². The van der Waals surface area contributed by atoms with Crippen LogP contribution in [0.5, 0.6) is 0 Å². The van der Waals surface area contributed by atoms with Gasteiger partial charge in [0.25, 0.3) is 0 Å². The quantitative estimate of drug-likeness (QED) is 0.151. The number of nitrogens with two attached hydrogens (primary N) is 4. The van der Waals surface area contributed by atoms with Crippen LogP contribution in [0.15, 0.2) is 0 Å². The van der Waals surface area contributed by atoms with Crippen molar-refractivity contribution in [3.8, 4) is 0 Å². The zero-order valence-electron chi connectivity index (χ0n) is 10.2. The van der Waals surface area contributed by atoms with E-state index in [1.165, 1.54) is 15.4 Å². The summed E-state index contributed by atoms with van der Waals surface area (Å²) in [5, 5.41) is 3.96. The predicted molar refractivity (Wildman–Crippen MR) is 62.6 cm³/mol. The Morgan fingerprint density at radius 3 is 2.12 bits per heavy atom. The molecule has 0 aromatic carbocycles. The second-order valence-electron chi connectivity index (χ2n) is 3.92. The third-order valence-corrected chi connectivity index (χ3v) is 2.30. The van der Waals surface area contributed by atoms with E-state index in [9.17, 15) is 0 Å². The van der Waals surface area contributed by atoms with Gasteiger partial charge < -0.3 is 5.73 Å². The highest BCUT2D eigenvalue weighted by Gasteiger charge is 2.14. The summed E-state index contributed by atoms with van der Waals surface area (Å²) in [6.45, 7) is 6.60. The molecule has 1 atom stereocenters. The van der Waals surface area contributed by atoms with Gasteiger partial charge in [-0.3, -0.25) is 17.5 Å². The zero-order chi connectivity index (χ0) is 12.7. The van der Waals surface area contributed by atoms with Crippen molar-refractivity contribution >= 4 is 0 Å². The van der Waals surface area contributed by atoms with Gasteiger partial charge in [0, 0.05) is 6.04 Å². The van der Waals surface area contributed by atoms with Crippen LogP contribution in [0.1, 0.15) is 20.8 Å². The van der Waals surface area contributed by atoms with E-state index in [4.69, 9.17) is 23.3 Å². The number of rotatable bonds is 8. The van der Waals surface area contributed by atoms with E-state index in [0.717, 1.165) is 0 Å². The first-order valence-electron chi connectivity index (χ1n) is 5.16. The molecule has 0 aliphatic rings. The molecule has 16 heavy (non-hydrogen) atoms. The average Bonchev–Trinajstić information content (AvgIpc) is 2.18. The normalized spacial score (nSPS) is 14.4. The molecular formula is C7H25N9. The van der Waals surface area contributed by atoms with Crippen molar-refractivity contribution in [3.05, 3.63) is 0 Å². The fourth-order valence-corrected chi connectivity index (χ4v) is 0.916. The standard InChI is InChI=1S/C7H25N9/c1-6(2)7(3)12-14(10)5-15(11)16(4-8)13-9/h6-7,12-13H,4-5,8-11H2,1-3H3. The summed E-state index contributed by atoms with van der Waals surface area (Å²) in [7, 11) is 0. The Kier molecular flexibility index (Phi) is 7.66. The maximum atomic E-state index is 5.72. The third kappa shape index (κ3) is 5.65. The average molecular weight is 235 g/mol. The lowest BCUT2D eigenvalue weighted by Crippen LogP contribution is -2.64. The van der Waals surface area contributed by atoms with Gasteiger partial charge in [0.2, 0.25) is 0 Å².